The maximum Gasteiger partial charge on any atom is 0.345 e. The first kappa shape index (κ1) is 19.0. The van der Waals surface area contributed by atoms with Crippen LogP contribution in [0.1, 0.15) is 4.88 Å². The highest BCUT2D eigenvalue weighted by atomic mass is 35.5. The van der Waals surface area contributed by atoms with Crippen molar-refractivity contribution < 1.29 is 4.42 Å². The Kier molecular flexibility index (Phi) is 4.41. The van der Waals surface area contributed by atoms with Gasteiger partial charge in [0, 0.05) is 16.6 Å². The summed E-state index contributed by atoms with van der Waals surface area (Å²) in [6.45, 7) is 0. The van der Waals surface area contributed by atoms with Crippen molar-refractivity contribution in [3.05, 3.63) is 99.2 Å². The summed E-state index contributed by atoms with van der Waals surface area (Å²) in [5, 5.41) is 1.46. The third-order valence-electron chi connectivity index (χ3n) is 5.22. The van der Waals surface area contributed by atoms with Crippen LogP contribution in [0.5, 0.6) is 0 Å². The summed E-state index contributed by atoms with van der Waals surface area (Å²) in [6.07, 6.45) is 1.75. The average Bonchev–Trinajstić information content (AvgIpc) is 3.33. The first-order valence-electron chi connectivity index (χ1n) is 9.90. The molecule has 3 heterocycles. The highest BCUT2D eigenvalue weighted by Gasteiger charge is 2.21. The predicted molar refractivity (Wildman–Crippen MR) is 131 cm³/mol. The molecule has 0 spiro atoms. The molecule has 7 heteroatoms. The first-order valence-corrected chi connectivity index (χ1v) is 11.1. The van der Waals surface area contributed by atoms with Crippen molar-refractivity contribution >= 4 is 61.8 Å². The van der Waals surface area contributed by atoms with Crippen LogP contribution in [0.3, 0.4) is 0 Å². The molecule has 32 heavy (non-hydrogen) atoms. The molecule has 0 fully saturated rings. The minimum absolute atomic E-state index is 0.404. The number of nitrogens with zero attached hydrogens (tertiary/aromatic N) is 3. The fraction of sp³-hybridized carbons (Fsp3) is 0. The molecule has 5 nitrogen and oxygen atoms in total. The normalized spacial score (nSPS) is 11.9. The molecule has 154 valence electrons. The molecule has 0 aliphatic carbocycles. The van der Waals surface area contributed by atoms with Gasteiger partial charge in [0.1, 0.15) is 5.58 Å². The molecule has 0 N–H and O–H groups in total. The van der Waals surface area contributed by atoms with Gasteiger partial charge in [-0.2, -0.15) is 0 Å². The summed E-state index contributed by atoms with van der Waals surface area (Å²) >= 11 is 7.57. The fourth-order valence-electron chi connectivity index (χ4n) is 3.80. The second-order valence-corrected chi connectivity index (χ2v) is 8.70. The summed E-state index contributed by atoms with van der Waals surface area (Å²) in [4.78, 5) is 24.0. The molecule has 6 rings (SSSR count). The van der Waals surface area contributed by atoms with Gasteiger partial charge in [0.25, 0.3) is 0 Å². The number of halogens is 1. The Morgan fingerprint density at radius 2 is 1.84 bits per heavy atom. The Morgan fingerprint density at radius 1 is 1.00 bits per heavy atom. The van der Waals surface area contributed by atoms with Gasteiger partial charge in [0.05, 0.1) is 32.9 Å². The standard InChI is InChI=1S/C25H14ClN3O2S/c26-16-7-5-8-17(13-16)27-14-22-23(18-12-15-6-1-4-11-21(15)31-24(18)30)29-20-10-3-2-9-19(20)28-25(29)32-22/h1-14H. The number of hydrogen-bond acceptors (Lipinski definition) is 5. The van der Waals surface area contributed by atoms with E-state index in [9.17, 15) is 4.79 Å². The Bertz CT molecular complexity index is 1730. The third kappa shape index (κ3) is 3.12. The molecule has 0 aliphatic heterocycles. The Labute approximate surface area is 190 Å². The molecular weight excluding hydrogens is 442 g/mol. The van der Waals surface area contributed by atoms with E-state index in [1.165, 1.54) is 11.3 Å². The predicted octanol–water partition coefficient (Wildman–Crippen LogP) is 6.73. The second kappa shape index (κ2) is 7.44. The molecule has 3 aromatic heterocycles. The molecule has 0 aliphatic rings. The lowest BCUT2D eigenvalue weighted by atomic mass is 10.1. The first-order chi connectivity index (χ1) is 15.7. The lowest BCUT2D eigenvalue weighted by Crippen LogP contribution is -2.05. The number of thiazole rings is 1. The lowest BCUT2D eigenvalue weighted by Gasteiger charge is -2.04. The van der Waals surface area contributed by atoms with Gasteiger partial charge in [-0.15, -0.1) is 0 Å². The summed E-state index contributed by atoms with van der Waals surface area (Å²) in [6, 6.07) is 24.5. The van der Waals surface area contributed by atoms with Crippen molar-refractivity contribution in [2.75, 3.05) is 0 Å². The molecule has 3 aromatic carbocycles. The largest absolute Gasteiger partial charge is 0.422 e. The third-order valence-corrected chi connectivity index (χ3v) is 6.43. The zero-order chi connectivity index (χ0) is 21.7. The van der Waals surface area contributed by atoms with E-state index in [0.29, 0.717) is 21.9 Å². The van der Waals surface area contributed by atoms with E-state index in [2.05, 4.69) is 4.99 Å². The zero-order valence-corrected chi connectivity index (χ0v) is 18.1. The van der Waals surface area contributed by atoms with E-state index < -0.39 is 5.63 Å². The van der Waals surface area contributed by atoms with Gasteiger partial charge < -0.3 is 4.42 Å². The van der Waals surface area contributed by atoms with Crippen molar-refractivity contribution in [2.24, 2.45) is 4.99 Å². The molecular formula is C25H14ClN3O2S. The van der Waals surface area contributed by atoms with Gasteiger partial charge in [-0.05, 0) is 42.5 Å². The minimum atomic E-state index is -0.404. The van der Waals surface area contributed by atoms with Crippen LogP contribution in [0, 0.1) is 0 Å². The highest BCUT2D eigenvalue weighted by molar-refractivity contribution is 7.19. The molecule has 0 saturated heterocycles. The molecule has 0 unspecified atom stereocenters. The van der Waals surface area contributed by atoms with Gasteiger partial charge >= 0.3 is 5.63 Å². The van der Waals surface area contributed by atoms with E-state index in [1.807, 2.05) is 65.1 Å². The summed E-state index contributed by atoms with van der Waals surface area (Å²) in [5.74, 6) is 0. The number of aliphatic imine (C=N–C) groups is 1. The zero-order valence-electron chi connectivity index (χ0n) is 16.5. The Hall–Kier alpha value is -3.74. The van der Waals surface area contributed by atoms with Crippen LogP contribution in [-0.2, 0) is 0 Å². The van der Waals surface area contributed by atoms with E-state index in [0.717, 1.165) is 31.9 Å². The number of rotatable bonds is 3. The van der Waals surface area contributed by atoms with Crippen LogP contribution in [0.2, 0.25) is 5.02 Å². The van der Waals surface area contributed by atoms with E-state index in [-0.39, 0.29) is 0 Å². The molecule has 0 radical (unpaired) electrons. The average molecular weight is 456 g/mol. The van der Waals surface area contributed by atoms with Crippen LogP contribution >= 0.6 is 22.9 Å². The van der Waals surface area contributed by atoms with Crippen molar-refractivity contribution in [2.45, 2.75) is 0 Å². The van der Waals surface area contributed by atoms with E-state index in [4.69, 9.17) is 21.0 Å². The number of hydrogen-bond donors (Lipinski definition) is 0. The van der Waals surface area contributed by atoms with Gasteiger partial charge in [-0.3, -0.25) is 9.39 Å². The van der Waals surface area contributed by atoms with Gasteiger partial charge in [-0.1, -0.05) is 59.3 Å². The highest BCUT2D eigenvalue weighted by Crippen LogP contribution is 2.34. The monoisotopic (exact) mass is 455 g/mol. The summed E-state index contributed by atoms with van der Waals surface area (Å²) in [7, 11) is 0. The SMILES string of the molecule is O=c1oc2ccccc2cc1-c1c(C=Nc2cccc(Cl)c2)sc2nc3ccccc3n12. The van der Waals surface area contributed by atoms with Crippen LogP contribution in [0.4, 0.5) is 5.69 Å². The van der Waals surface area contributed by atoms with E-state index in [1.54, 1.807) is 24.4 Å². The number of imidazole rings is 1. The number of aromatic nitrogens is 2. The quantitative estimate of drug-likeness (QED) is 0.219. The smallest absolute Gasteiger partial charge is 0.345 e. The second-order valence-electron chi connectivity index (χ2n) is 7.26. The molecule has 0 atom stereocenters. The van der Waals surface area contributed by atoms with Crippen molar-refractivity contribution in [1.29, 1.82) is 0 Å². The van der Waals surface area contributed by atoms with Crippen molar-refractivity contribution in [1.82, 2.24) is 9.38 Å². The maximum atomic E-state index is 13.0. The number of fused-ring (bicyclic) bond motifs is 4. The summed E-state index contributed by atoms with van der Waals surface area (Å²) < 4.78 is 7.64. The maximum absolute atomic E-state index is 13.0. The van der Waals surface area contributed by atoms with Gasteiger partial charge in [-0.25, -0.2) is 9.78 Å². The molecule has 0 saturated carbocycles. The van der Waals surface area contributed by atoms with Crippen LogP contribution in [0.25, 0.3) is 38.2 Å². The number of para-hydroxylation sites is 3. The summed E-state index contributed by atoms with van der Waals surface area (Å²) in [5.41, 5.74) is 3.84. The minimum Gasteiger partial charge on any atom is -0.422 e. The van der Waals surface area contributed by atoms with Crippen LogP contribution in [0.15, 0.2) is 93.1 Å². The van der Waals surface area contributed by atoms with Crippen LogP contribution in [-0.4, -0.2) is 15.6 Å². The number of benzene rings is 3. The van der Waals surface area contributed by atoms with Gasteiger partial charge in [0.2, 0.25) is 0 Å². The Morgan fingerprint density at radius 3 is 2.75 bits per heavy atom. The fourth-order valence-corrected chi connectivity index (χ4v) is 5.01. The molecule has 6 aromatic rings. The van der Waals surface area contributed by atoms with Crippen molar-refractivity contribution in [3.8, 4) is 11.3 Å². The topological polar surface area (TPSA) is 59.9 Å². The van der Waals surface area contributed by atoms with Crippen molar-refractivity contribution in [3.63, 3.8) is 0 Å². The molecule has 0 amide bonds. The van der Waals surface area contributed by atoms with E-state index >= 15 is 0 Å². The lowest BCUT2D eigenvalue weighted by molar-refractivity contribution is 0.563. The Balaban J connectivity index is 1.65. The van der Waals surface area contributed by atoms with Crippen LogP contribution < -0.4 is 5.63 Å². The molecule has 0 bridgehead atoms. The van der Waals surface area contributed by atoms with Gasteiger partial charge in [0.15, 0.2) is 4.96 Å².